The van der Waals surface area contributed by atoms with Crippen LogP contribution in [-0.2, 0) is 0 Å². The molecule has 0 unspecified atom stereocenters. The second-order valence-electron chi connectivity index (χ2n) is 6.04. The van der Waals surface area contributed by atoms with Gasteiger partial charge in [-0.3, -0.25) is 14.9 Å². The number of nitrogens with one attached hydrogen (secondary N) is 1. The Hall–Kier alpha value is -4.27. The summed E-state index contributed by atoms with van der Waals surface area (Å²) in [5.41, 5.74) is 3.47. The summed E-state index contributed by atoms with van der Waals surface area (Å²) in [5, 5.41) is 15.2. The fourth-order valence-electron chi connectivity index (χ4n) is 2.83. The third-order valence-electron chi connectivity index (χ3n) is 4.19. The zero-order valence-corrected chi connectivity index (χ0v) is 14.8. The number of furan rings is 1. The van der Waals surface area contributed by atoms with Gasteiger partial charge in [-0.1, -0.05) is 12.1 Å². The van der Waals surface area contributed by atoms with Gasteiger partial charge in [0.25, 0.3) is 5.69 Å². The highest BCUT2D eigenvalue weighted by Gasteiger charge is 2.14. The molecule has 1 N–H and O–H groups in total. The number of non-ortho nitro benzene ring substituents is 1. The number of fused-ring (bicyclic) bond motifs is 1. The van der Waals surface area contributed by atoms with E-state index in [2.05, 4.69) is 10.5 Å². The van der Waals surface area contributed by atoms with Gasteiger partial charge < -0.3 is 8.98 Å². The zero-order valence-electron chi connectivity index (χ0n) is 14.8. The molecule has 2 aromatic heterocycles. The molecule has 4 aromatic rings. The number of nitro groups is 1. The third-order valence-corrected chi connectivity index (χ3v) is 4.19. The fourth-order valence-corrected chi connectivity index (χ4v) is 2.83. The number of carbonyl (C=O) groups is 1. The molecule has 9 heteroatoms. The van der Waals surface area contributed by atoms with Gasteiger partial charge >= 0.3 is 5.91 Å². The van der Waals surface area contributed by atoms with E-state index in [1.807, 2.05) is 0 Å². The van der Waals surface area contributed by atoms with Crippen LogP contribution >= 0.6 is 0 Å². The Morgan fingerprint density at radius 2 is 2.00 bits per heavy atom. The van der Waals surface area contributed by atoms with Crippen LogP contribution in [0, 0.1) is 15.9 Å². The fraction of sp³-hybridized carbons (Fsp3) is 0. The molecule has 0 spiro atoms. The molecule has 2 heterocycles. The van der Waals surface area contributed by atoms with E-state index in [0.717, 1.165) is 0 Å². The van der Waals surface area contributed by atoms with Crippen molar-refractivity contribution in [2.24, 2.45) is 5.10 Å². The quantitative estimate of drug-likeness (QED) is 0.315. The summed E-state index contributed by atoms with van der Waals surface area (Å²) in [7, 11) is 0. The van der Waals surface area contributed by atoms with Crippen LogP contribution in [-0.4, -0.2) is 21.6 Å². The van der Waals surface area contributed by atoms with Crippen LogP contribution < -0.4 is 5.43 Å². The van der Waals surface area contributed by atoms with E-state index in [-0.39, 0.29) is 11.4 Å². The first-order chi connectivity index (χ1) is 14.0. The molecule has 4 rings (SSSR count). The summed E-state index contributed by atoms with van der Waals surface area (Å²) < 4.78 is 21.0. The van der Waals surface area contributed by atoms with E-state index in [1.54, 1.807) is 41.1 Å². The standard InChI is InChI=1S/C20H13FN4O4/c21-16-5-1-2-6-17(16)24-9-3-4-15(24)12-22-23-20(26)19-11-13-10-14(25(27)28)7-8-18(13)29-19/h1-12H,(H,23,26)/b22-12-. The number of benzene rings is 2. The molecule has 144 valence electrons. The lowest BCUT2D eigenvalue weighted by atomic mass is 10.2. The van der Waals surface area contributed by atoms with Gasteiger partial charge in [-0.2, -0.15) is 5.10 Å². The summed E-state index contributed by atoms with van der Waals surface area (Å²) in [6.07, 6.45) is 3.05. The Morgan fingerprint density at radius 1 is 1.17 bits per heavy atom. The Kier molecular flexibility index (Phi) is 4.62. The number of rotatable bonds is 5. The number of aromatic nitrogens is 1. The molecule has 1 amide bonds. The van der Waals surface area contributed by atoms with Crippen molar-refractivity contribution in [1.82, 2.24) is 9.99 Å². The minimum absolute atomic E-state index is 0.0397. The normalized spacial score (nSPS) is 11.2. The van der Waals surface area contributed by atoms with Crippen molar-refractivity contribution in [3.05, 3.63) is 94.2 Å². The predicted molar refractivity (Wildman–Crippen MR) is 104 cm³/mol. The van der Waals surface area contributed by atoms with Crippen molar-refractivity contribution < 1.29 is 18.5 Å². The highest BCUT2D eigenvalue weighted by Crippen LogP contribution is 2.24. The van der Waals surface area contributed by atoms with Crippen molar-refractivity contribution >= 4 is 28.8 Å². The maximum Gasteiger partial charge on any atom is 0.307 e. The van der Waals surface area contributed by atoms with Gasteiger partial charge in [0, 0.05) is 23.7 Å². The van der Waals surface area contributed by atoms with Crippen LogP contribution in [0.25, 0.3) is 16.7 Å². The number of halogens is 1. The smallest absolute Gasteiger partial charge is 0.307 e. The first-order valence-corrected chi connectivity index (χ1v) is 8.46. The van der Waals surface area contributed by atoms with E-state index < -0.39 is 16.6 Å². The van der Waals surface area contributed by atoms with Gasteiger partial charge in [-0.15, -0.1) is 0 Å². The van der Waals surface area contributed by atoms with E-state index in [9.17, 15) is 19.3 Å². The highest BCUT2D eigenvalue weighted by molar-refractivity contribution is 5.96. The van der Waals surface area contributed by atoms with Crippen LogP contribution in [0.3, 0.4) is 0 Å². The molecule has 0 saturated carbocycles. The lowest BCUT2D eigenvalue weighted by Gasteiger charge is -2.07. The van der Waals surface area contributed by atoms with E-state index in [1.165, 1.54) is 36.5 Å². The lowest BCUT2D eigenvalue weighted by Crippen LogP contribution is -2.17. The predicted octanol–water partition coefficient (Wildman–Crippen LogP) is 4.03. The van der Waals surface area contributed by atoms with Gasteiger partial charge in [0.15, 0.2) is 5.76 Å². The molecule has 0 aliphatic rings. The van der Waals surface area contributed by atoms with Crippen molar-refractivity contribution in [1.29, 1.82) is 0 Å². The summed E-state index contributed by atoms with van der Waals surface area (Å²) in [5.74, 6) is -1.05. The highest BCUT2D eigenvalue weighted by atomic mass is 19.1. The number of nitrogens with zero attached hydrogens (tertiary/aromatic N) is 3. The maximum absolute atomic E-state index is 14.0. The number of carbonyl (C=O) groups excluding carboxylic acids is 1. The Bertz CT molecular complexity index is 1260. The first kappa shape index (κ1) is 18.1. The molecule has 0 saturated heterocycles. The lowest BCUT2D eigenvalue weighted by molar-refractivity contribution is -0.384. The molecule has 8 nitrogen and oxygen atoms in total. The van der Waals surface area contributed by atoms with Crippen LogP contribution in [0.15, 0.2) is 76.4 Å². The van der Waals surface area contributed by atoms with Gasteiger partial charge in [0.1, 0.15) is 11.4 Å². The van der Waals surface area contributed by atoms with Gasteiger partial charge in [-0.25, -0.2) is 9.82 Å². The van der Waals surface area contributed by atoms with Crippen LogP contribution in [0.4, 0.5) is 10.1 Å². The molecule has 0 fully saturated rings. The summed E-state index contributed by atoms with van der Waals surface area (Å²) in [4.78, 5) is 22.6. The molecular weight excluding hydrogens is 379 g/mol. The van der Waals surface area contributed by atoms with Crippen molar-refractivity contribution in [3.63, 3.8) is 0 Å². The second kappa shape index (κ2) is 7.39. The zero-order chi connectivity index (χ0) is 20.4. The largest absolute Gasteiger partial charge is 0.451 e. The number of para-hydroxylation sites is 1. The minimum Gasteiger partial charge on any atom is -0.451 e. The summed E-state index contributed by atoms with van der Waals surface area (Å²) >= 11 is 0. The van der Waals surface area contributed by atoms with Crippen molar-refractivity contribution in [3.8, 4) is 5.69 Å². The van der Waals surface area contributed by atoms with Crippen LogP contribution in [0.2, 0.25) is 0 Å². The van der Waals surface area contributed by atoms with E-state index >= 15 is 0 Å². The van der Waals surface area contributed by atoms with Crippen molar-refractivity contribution in [2.75, 3.05) is 0 Å². The van der Waals surface area contributed by atoms with Crippen LogP contribution in [0.5, 0.6) is 0 Å². The first-order valence-electron chi connectivity index (χ1n) is 8.46. The molecule has 0 atom stereocenters. The average Bonchev–Trinajstić information content (AvgIpc) is 3.34. The topological polar surface area (TPSA) is 103 Å². The Balaban J connectivity index is 1.51. The minimum atomic E-state index is -0.621. The average molecular weight is 392 g/mol. The molecular formula is C20H13FN4O4. The SMILES string of the molecule is O=C(N/N=C\c1cccn1-c1ccccc1F)c1cc2cc([N+](=O)[O-])ccc2o1. The molecule has 2 aromatic carbocycles. The monoisotopic (exact) mass is 392 g/mol. The summed E-state index contributed by atoms with van der Waals surface area (Å²) in [6, 6.07) is 15.2. The van der Waals surface area contributed by atoms with Gasteiger partial charge in [0.05, 0.1) is 22.5 Å². The molecule has 0 bridgehead atoms. The van der Waals surface area contributed by atoms with Gasteiger partial charge in [-0.05, 0) is 36.4 Å². The summed E-state index contributed by atoms with van der Waals surface area (Å²) in [6.45, 7) is 0. The number of amides is 1. The Morgan fingerprint density at radius 3 is 2.79 bits per heavy atom. The number of hydrogen-bond acceptors (Lipinski definition) is 5. The van der Waals surface area contributed by atoms with Crippen molar-refractivity contribution in [2.45, 2.75) is 0 Å². The van der Waals surface area contributed by atoms with E-state index in [0.29, 0.717) is 22.4 Å². The second-order valence-corrected chi connectivity index (χ2v) is 6.04. The molecule has 0 radical (unpaired) electrons. The molecule has 29 heavy (non-hydrogen) atoms. The number of nitro benzene ring substituents is 1. The third kappa shape index (κ3) is 3.61. The number of hydrazone groups is 1. The van der Waals surface area contributed by atoms with Crippen LogP contribution in [0.1, 0.15) is 16.2 Å². The molecule has 0 aliphatic carbocycles. The maximum atomic E-state index is 14.0. The van der Waals surface area contributed by atoms with Gasteiger partial charge in [0.2, 0.25) is 0 Å². The Labute approximate surface area is 163 Å². The number of hydrogen-bond donors (Lipinski definition) is 1. The molecule has 0 aliphatic heterocycles. The van der Waals surface area contributed by atoms with E-state index in [4.69, 9.17) is 4.42 Å².